The van der Waals surface area contributed by atoms with Gasteiger partial charge in [-0.15, -0.1) is 0 Å². The number of methoxy groups -OCH3 is 2. The lowest BCUT2D eigenvalue weighted by molar-refractivity contribution is -0.192. The summed E-state index contributed by atoms with van der Waals surface area (Å²) >= 11 is 19.1. The molecule has 0 unspecified atom stereocenters. The molecule has 11 nitrogen and oxygen atoms in total. The van der Waals surface area contributed by atoms with Crippen molar-refractivity contribution in [3.05, 3.63) is 27.9 Å². The standard InChI is InChI=1S/C20H24Cl2N6O3S.C2HF3O2/c1-4-27-18-10(6-24-19(26-18)25-12-9-31-8-11(12)23)7-28(20(27)32)17-15(21)13(29-2)5-14(30-3)16(17)22;3-2(4,5)1(6)7/h5-6,11-12H,4,7-9,23H2,1-3H3,(H,24,25,26);(H,6,7)/t11-,12+;/m0./s1. The minimum atomic E-state index is -5.08. The Morgan fingerprint density at radius 1 is 1.28 bits per heavy atom. The van der Waals surface area contributed by atoms with Crippen LogP contribution in [0.25, 0.3) is 0 Å². The molecule has 0 spiro atoms. The van der Waals surface area contributed by atoms with E-state index in [9.17, 15) is 13.2 Å². The van der Waals surface area contributed by atoms with Crippen LogP contribution in [0.5, 0.6) is 11.5 Å². The number of nitrogens with zero attached hydrogens (tertiary/aromatic N) is 4. The minimum absolute atomic E-state index is 0.0444. The number of hydrogen-bond acceptors (Lipinski definition) is 9. The van der Waals surface area contributed by atoms with Crippen molar-refractivity contribution in [1.82, 2.24) is 9.97 Å². The number of thiocarbonyl (C=S) groups is 1. The van der Waals surface area contributed by atoms with E-state index in [1.54, 1.807) is 12.3 Å². The van der Waals surface area contributed by atoms with Gasteiger partial charge in [-0.05, 0) is 19.1 Å². The van der Waals surface area contributed by atoms with Gasteiger partial charge in [0.25, 0.3) is 0 Å². The van der Waals surface area contributed by atoms with Gasteiger partial charge in [0.15, 0.2) is 5.11 Å². The molecule has 2 aliphatic heterocycles. The number of aliphatic carboxylic acids is 1. The number of carboxylic acid groups (broad SMARTS) is 1. The van der Waals surface area contributed by atoms with E-state index >= 15 is 0 Å². The van der Waals surface area contributed by atoms with Gasteiger partial charge in [0, 0.05) is 24.4 Å². The summed E-state index contributed by atoms with van der Waals surface area (Å²) in [5.41, 5.74) is 7.45. The third kappa shape index (κ3) is 6.66. The molecular formula is C22H25Cl2F3N6O5S. The topological polar surface area (TPSA) is 135 Å². The highest BCUT2D eigenvalue weighted by molar-refractivity contribution is 7.80. The van der Waals surface area contributed by atoms with Gasteiger partial charge < -0.3 is 40.2 Å². The van der Waals surface area contributed by atoms with Crippen LogP contribution < -0.4 is 30.3 Å². The van der Waals surface area contributed by atoms with Gasteiger partial charge in [-0.1, -0.05) is 23.2 Å². The Hall–Kier alpha value is -2.85. The number of nitrogens with two attached hydrogens (primary N) is 1. The number of halogens is 5. The average Bonchev–Trinajstić information content (AvgIpc) is 3.28. The number of benzene rings is 1. The number of ether oxygens (including phenoxy) is 3. The van der Waals surface area contributed by atoms with Crippen LogP contribution in [0.4, 0.5) is 30.6 Å². The lowest BCUT2D eigenvalue weighted by atomic mass is 10.1. The molecule has 4 N–H and O–H groups in total. The second kappa shape index (κ2) is 12.6. The summed E-state index contributed by atoms with van der Waals surface area (Å²) in [7, 11) is 3.06. The summed E-state index contributed by atoms with van der Waals surface area (Å²) < 4.78 is 48.0. The van der Waals surface area contributed by atoms with E-state index < -0.39 is 12.1 Å². The summed E-state index contributed by atoms with van der Waals surface area (Å²) in [5.74, 6) is -0.687. The molecular weight excluding hydrogens is 588 g/mol. The van der Waals surface area contributed by atoms with Crippen molar-refractivity contribution in [3.8, 4) is 11.5 Å². The Kier molecular flexibility index (Phi) is 9.88. The largest absolute Gasteiger partial charge is 0.495 e. The van der Waals surface area contributed by atoms with E-state index in [4.69, 9.17) is 70.2 Å². The number of nitrogens with one attached hydrogen (secondary N) is 1. The number of fused-ring (bicyclic) bond motifs is 1. The van der Waals surface area contributed by atoms with Crippen LogP contribution in [-0.2, 0) is 16.1 Å². The average molecular weight is 613 g/mol. The quantitative estimate of drug-likeness (QED) is 0.410. The fraction of sp³-hybridized carbons (Fsp3) is 0.455. The monoisotopic (exact) mass is 612 g/mol. The molecule has 3 heterocycles. The van der Waals surface area contributed by atoms with Gasteiger partial charge in [-0.2, -0.15) is 18.2 Å². The van der Waals surface area contributed by atoms with E-state index in [1.165, 1.54) is 14.2 Å². The van der Waals surface area contributed by atoms with E-state index in [2.05, 4.69) is 10.3 Å². The van der Waals surface area contributed by atoms with Gasteiger partial charge >= 0.3 is 12.1 Å². The van der Waals surface area contributed by atoms with Crippen molar-refractivity contribution in [3.63, 3.8) is 0 Å². The van der Waals surface area contributed by atoms with Crippen molar-refractivity contribution in [2.45, 2.75) is 31.7 Å². The first-order valence-electron chi connectivity index (χ1n) is 11.3. The zero-order chi connectivity index (χ0) is 29.1. The molecule has 0 aliphatic carbocycles. The maximum atomic E-state index is 10.6. The number of aromatic nitrogens is 2. The Balaban J connectivity index is 0.000000532. The number of rotatable bonds is 6. The van der Waals surface area contributed by atoms with E-state index in [0.717, 1.165) is 11.4 Å². The summed E-state index contributed by atoms with van der Waals surface area (Å²) in [5, 5.41) is 11.6. The zero-order valence-electron chi connectivity index (χ0n) is 20.9. The molecule has 17 heteroatoms. The van der Waals surface area contributed by atoms with Gasteiger partial charge in [-0.3, -0.25) is 0 Å². The molecule has 0 amide bonds. The first-order valence-corrected chi connectivity index (χ1v) is 12.4. The van der Waals surface area contributed by atoms with Crippen molar-refractivity contribution >= 4 is 64.0 Å². The number of carbonyl (C=O) groups is 1. The van der Waals surface area contributed by atoms with Crippen LogP contribution >= 0.6 is 35.4 Å². The molecule has 0 radical (unpaired) electrons. The van der Waals surface area contributed by atoms with Gasteiger partial charge in [0.05, 0.1) is 51.7 Å². The predicted octanol–water partition coefficient (Wildman–Crippen LogP) is 3.70. The number of carboxylic acids is 1. The Morgan fingerprint density at radius 2 is 1.87 bits per heavy atom. The van der Waals surface area contributed by atoms with Crippen LogP contribution in [0.1, 0.15) is 12.5 Å². The normalized spacial score (nSPS) is 18.7. The Labute approximate surface area is 236 Å². The molecule has 2 atom stereocenters. The smallest absolute Gasteiger partial charge is 0.490 e. The molecule has 2 aliphatic rings. The second-order valence-corrected chi connectivity index (χ2v) is 9.29. The molecule has 4 rings (SSSR count). The predicted molar refractivity (Wildman–Crippen MR) is 143 cm³/mol. The molecule has 214 valence electrons. The third-order valence-electron chi connectivity index (χ3n) is 5.71. The number of anilines is 3. The van der Waals surface area contributed by atoms with E-state index in [1.807, 2.05) is 16.7 Å². The van der Waals surface area contributed by atoms with Crippen molar-refractivity contribution in [2.24, 2.45) is 5.73 Å². The third-order valence-corrected chi connectivity index (χ3v) is 6.88. The summed E-state index contributed by atoms with van der Waals surface area (Å²) in [6, 6.07) is 1.49. The first kappa shape index (κ1) is 30.7. The molecule has 1 aromatic heterocycles. The summed E-state index contributed by atoms with van der Waals surface area (Å²) in [6.45, 7) is 3.98. The maximum Gasteiger partial charge on any atom is 0.490 e. The van der Waals surface area contributed by atoms with Gasteiger partial charge in [-0.25, -0.2) is 9.78 Å². The Bertz CT molecular complexity index is 1210. The molecule has 0 saturated carbocycles. The fourth-order valence-electron chi connectivity index (χ4n) is 3.74. The Morgan fingerprint density at radius 3 is 2.33 bits per heavy atom. The number of hydrogen-bond donors (Lipinski definition) is 3. The highest BCUT2D eigenvalue weighted by Gasteiger charge is 2.38. The zero-order valence-corrected chi connectivity index (χ0v) is 23.2. The maximum absolute atomic E-state index is 10.6. The van der Waals surface area contributed by atoms with Gasteiger partial charge in [0.1, 0.15) is 27.4 Å². The highest BCUT2D eigenvalue weighted by Crippen LogP contribution is 2.48. The number of alkyl halides is 3. The first-order chi connectivity index (χ1) is 18.3. The van der Waals surface area contributed by atoms with Crippen molar-refractivity contribution < 1.29 is 37.3 Å². The van der Waals surface area contributed by atoms with E-state index in [0.29, 0.717) is 64.6 Å². The molecule has 0 bridgehead atoms. The van der Waals surface area contributed by atoms with E-state index in [-0.39, 0.29) is 12.1 Å². The molecule has 2 aromatic rings. The molecule has 1 aromatic carbocycles. The van der Waals surface area contributed by atoms with Crippen LogP contribution in [0.15, 0.2) is 12.3 Å². The van der Waals surface area contributed by atoms with Crippen molar-refractivity contribution in [1.29, 1.82) is 0 Å². The minimum Gasteiger partial charge on any atom is -0.495 e. The fourth-order valence-corrected chi connectivity index (χ4v) is 4.82. The molecule has 39 heavy (non-hydrogen) atoms. The lowest BCUT2D eigenvalue weighted by Crippen LogP contribution is -2.48. The van der Waals surface area contributed by atoms with Crippen molar-refractivity contribution in [2.75, 3.05) is 49.1 Å². The van der Waals surface area contributed by atoms with Crippen LogP contribution in [-0.4, -0.2) is 78.4 Å². The van der Waals surface area contributed by atoms with Crippen LogP contribution in [0.3, 0.4) is 0 Å². The lowest BCUT2D eigenvalue weighted by Gasteiger charge is -2.39. The molecule has 1 saturated heterocycles. The molecule has 1 fully saturated rings. The van der Waals surface area contributed by atoms with Crippen LogP contribution in [0.2, 0.25) is 10.0 Å². The summed E-state index contributed by atoms with van der Waals surface area (Å²) in [6.07, 6.45) is -3.32. The SMILES string of the molecule is CCN1C(=S)N(c2c(Cl)c(OC)cc(OC)c2Cl)Cc2cnc(N[C@@H]3COC[C@@H]3N)nc21.O=C(O)C(F)(F)F. The van der Waals surface area contributed by atoms with Gasteiger partial charge in [0.2, 0.25) is 5.95 Å². The summed E-state index contributed by atoms with van der Waals surface area (Å²) in [4.78, 5) is 21.8. The second-order valence-electron chi connectivity index (χ2n) is 8.17. The van der Waals surface area contributed by atoms with Crippen LogP contribution in [0, 0.1) is 0 Å². The highest BCUT2D eigenvalue weighted by atomic mass is 35.5.